The van der Waals surface area contributed by atoms with Crippen LogP contribution in [0.25, 0.3) is 10.2 Å². The lowest BCUT2D eigenvalue weighted by Crippen LogP contribution is -2.14. The van der Waals surface area contributed by atoms with E-state index >= 15 is 0 Å². The van der Waals surface area contributed by atoms with Crippen molar-refractivity contribution in [3.05, 3.63) is 42.2 Å². The van der Waals surface area contributed by atoms with Gasteiger partial charge in [-0.25, -0.2) is 4.98 Å². The smallest absolute Gasteiger partial charge is 0.236 e. The molecular weight excluding hydrogens is 342 g/mol. The summed E-state index contributed by atoms with van der Waals surface area (Å²) < 4.78 is 2.99. The van der Waals surface area contributed by atoms with Gasteiger partial charge in [0.25, 0.3) is 0 Å². The lowest BCUT2D eigenvalue weighted by atomic mass is 10.2. The Kier molecular flexibility index (Phi) is 4.96. The van der Waals surface area contributed by atoms with Crippen molar-refractivity contribution in [2.24, 2.45) is 0 Å². The number of benzene rings is 1. The highest BCUT2D eigenvalue weighted by Gasteiger charge is 2.12. The van der Waals surface area contributed by atoms with Crippen LogP contribution in [0.1, 0.15) is 11.4 Å². The maximum absolute atomic E-state index is 12.2. The second-order valence-corrected chi connectivity index (χ2v) is 7.23. The third kappa shape index (κ3) is 3.65. The van der Waals surface area contributed by atoms with E-state index < -0.39 is 0 Å². The molecule has 0 spiro atoms. The second kappa shape index (κ2) is 7.14. The Balaban J connectivity index is 1.64. The molecule has 1 N–H and O–H groups in total. The van der Waals surface area contributed by atoms with Gasteiger partial charge in [0.2, 0.25) is 5.91 Å². The highest BCUT2D eigenvalue weighted by Crippen LogP contribution is 2.27. The van der Waals surface area contributed by atoms with Crippen molar-refractivity contribution in [1.82, 2.24) is 19.7 Å². The van der Waals surface area contributed by atoms with Gasteiger partial charge in [-0.2, -0.15) is 0 Å². The Labute approximate surface area is 148 Å². The van der Waals surface area contributed by atoms with Gasteiger partial charge in [0, 0.05) is 6.54 Å². The quantitative estimate of drug-likeness (QED) is 0.539. The van der Waals surface area contributed by atoms with Crippen LogP contribution in [0.4, 0.5) is 5.13 Å². The zero-order valence-corrected chi connectivity index (χ0v) is 15.1. The first-order valence-electron chi connectivity index (χ1n) is 7.37. The first kappa shape index (κ1) is 16.7. The monoisotopic (exact) mass is 359 g/mol. The van der Waals surface area contributed by atoms with E-state index in [0.717, 1.165) is 16.0 Å². The van der Waals surface area contributed by atoms with E-state index in [1.54, 1.807) is 6.08 Å². The van der Waals surface area contributed by atoms with Crippen molar-refractivity contribution in [1.29, 1.82) is 0 Å². The molecule has 0 aliphatic rings. The van der Waals surface area contributed by atoms with E-state index in [1.165, 1.54) is 28.7 Å². The molecule has 2 aromatic heterocycles. The number of nitrogens with one attached hydrogen (secondary N) is 1. The van der Waals surface area contributed by atoms with E-state index in [4.69, 9.17) is 0 Å². The van der Waals surface area contributed by atoms with Gasteiger partial charge < -0.3 is 9.88 Å². The molecule has 0 saturated heterocycles. The SMILES string of the molecule is C=CCn1c(C)nnc1SCC(=O)Nc1nc2ccc(C)cc2s1. The molecule has 0 aliphatic heterocycles. The third-order valence-corrected chi connectivity index (χ3v) is 5.24. The maximum atomic E-state index is 12.2. The normalized spacial score (nSPS) is 10.9. The number of hydrogen-bond donors (Lipinski definition) is 1. The fraction of sp³-hybridized carbons (Fsp3) is 0.250. The van der Waals surface area contributed by atoms with Crippen molar-refractivity contribution < 1.29 is 4.79 Å². The lowest BCUT2D eigenvalue weighted by Gasteiger charge is -2.04. The van der Waals surface area contributed by atoms with Crippen LogP contribution in [0.2, 0.25) is 0 Å². The molecule has 2 heterocycles. The maximum Gasteiger partial charge on any atom is 0.236 e. The predicted molar refractivity (Wildman–Crippen MR) is 98.7 cm³/mol. The van der Waals surface area contributed by atoms with Gasteiger partial charge in [0.1, 0.15) is 5.82 Å². The van der Waals surface area contributed by atoms with Crippen molar-refractivity contribution >= 4 is 44.4 Å². The minimum Gasteiger partial charge on any atom is -0.302 e. The highest BCUT2D eigenvalue weighted by atomic mass is 32.2. The molecule has 0 fully saturated rings. The van der Waals surface area contributed by atoms with Crippen molar-refractivity contribution in [3.63, 3.8) is 0 Å². The number of aromatic nitrogens is 4. The fourth-order valence-electron chi connectivity index (χ4n) is 2.18. The fourth-order valence-corrected chi connectivity index (χ4v) is 3.95. The number of nitrogens with zero attached hydrogens (tertiary/aromatic N) is 4. The number of rotatable bonds is 6. The Bertz CT molecular complexity index is 899. The summed E-state index contributed by atoms with van der Waals surface area (Å²) in [7, 11) is 0. The molecule has 124 valence electrons. The number of carbonyl (C=O) groups is 1. The molecule has 6 nitrogen and oxygen atoms in total. The number of anilines is 1. The standard InChI is InChI=1S/C16H17N5OS2/c1-4-7-21-11(3)19-20-16(21)23-9-14(22)18-15-17-12-6-5-10(2)8-13(12)24-15/h4-6,8H,1,7,9H2,2-3H3,(H,17,18,22). The van der Waals surface area contributed by atoms with Crippen LogP contribution in [0, 0.1) is 13.8 Å². The molecule has 1 amide bonds. The van der Waals surface area contributed by atoms with E-state index in [0.29, 0.717) is 16.8 Å². The van der Waals surface area contributed by atoms with Gasteiger partial charge >= 0.3 is 0 Å². The number of thioether (sulfide) groups is 1. The summed E-state index contributed by atoms with van der Waals surface area (Å²) in [6.07, 6.45) is 1.78. The van der Waals surface area contributed by atoms with Gasteiger partial charge in [0.05, 0.1) is 16.0 Å². The topological polar surface area (TPSA) is 72.7 Å². The molecule has 3 rings (SSSR count). The highest BCUT2D eigenvalue weighted by molar-refractivity contribution is 7.99. The third-order valence-electron chi connectivity index (χ3n) is 3.34. The molecule has 0 unspecified atom stereocenters. The molecule has 3 aromatic rings. The number of thiazole rings is 1. The van der Waals surface area contributed by atoms with Gasteiger partial charge in [0.15, 0.2) is 10.3 Å². The summed E-state index contributed by atoms with van der Waals surface area (Å²) in [6, 6.07) is 6.04. The largest absolute Gasteiger partial charge is 0.302 e. The van der Waals surface area contributed by atoms with Crippen molar-refractivity contribution in [3.8, 4) is 0 Å². The number of fused-ring (bicyclic) bond motifs is 1. The number of hydrogen-bond acceptors (Lipinski definition) is 6. The molecule has 0 radical (unpaired) electrons. The molecule has 1 aromatic carbocycles. The second-order valence-electron chi connectivity index (χ2n) is 5.26. The first-order chi connectivity index (χ1) is 11.6. The minimum absolute atomic E-state index is 0.110. The molecule has 0 aliphatic carbocycles. The summed E-state index contributed by atoms with van der Waals surface area (Å²) in [5, 5.41) is 12.3. The van der Waals surface area contributed by atoms with E-state index in [-0.39, 0.29) is 11.7 Å². The van der Waals surface area contributed by atoms with Crippen LogP contribution in [-0.4, -0.2) is 31.4 Å². The van der Waals surface area contributed by atoms with E-state index in [9.17, 15) is 4.79 Å². The number of carbonyl (C=O) groups excluding carboxylic acids is 1. The molecule has 0 atom stereocenters. The van der Waals surface area contributed by atoms with Crippen LogP contribution in [0.5, 0.6) is 0 Å². The molecule has 0 saturated carbocycles. The summed E-state index contributed by atoms with van der Waals surface area (Å²) in [6.45, 7) is 8.26. The predicted octanol–water partition coefficient (Wildman–Crippen LogP) is 3.42. The molecular formula is C16H17N5OS2. The minimum atomic E-state index is -0.110. The van der Waals surface area contributed by atoms with Crippen LogP contribution < -0.4 is 5.32 Å². The Morgan fingerprint density at radius 3 is 3.04 bits per heavy atom. The van der Waals surface area contributed by atoms with E-state index in [1.807, 2.05) is 30.5 Å². The number of aryl methyl sites for hydroxylation is 2. The lowest BCUT2D eigenvalue weighted by molar-refractivity contribution is -0.113. The summed E-state index contributed by atoms with van der Waals surface area (Å²) in [5.74, 6) is 0.950. The average molecular weight is 359 g/mol. The Morgan fingerprint density at radius 2 is 2.25 bits per heavy atom. The Morgan fingerprint density at radius 1 is 1.42 bits per heavy atom. The molecule has 0 bridgehead atoms. The van der Waals surface area contributed by atoms with E-state index in [2.05, 4.69) is 33.1 Å². The van der Waals surface area contributed by atoms with Crippen molar-refractivity contribution in [2.75, 3.05) is 11.1 Å². The van der Waals surface area contributed by atoms with Gasteiger partial charge in [-0.3, -0.25) is 4.79 Å². The van der Waals surface area contributed by atoms with Gasteiger partial charge in [-0.15, -0.1) is 16.8 Å². The summed E-state index contributed by atoms with van der Waals surface area (Å²) in [5.41, 5.74) is 2.08. The number of amides is 1. The van der Waals surface area contributed by atoms with Gasteiger partial charge in [-0.05, 0) is 31.5 Å². The van der Waals surface area contributed by atoms with Crippen LogP contribution >= 0.6 is 23.1 Å². The zero-order chi connectivity index (χ0) is 17.1. The average Bonchev–Trinajstić information content (AvgIpc) is 3.09. The van der Waals surface area contributed by atoms with Crippen LogP contribution in [0.15, 0.2) is 36.0 Å². The van der Waals surface area contributed by atoms with Crippen LogP contribution in [-0.2, 0) is 11.3 Å². The summed E-state index contributed by atoms with van der Waals surface area (Å²) in [4.78, 5) is 16.6. The van der Waals surface area contributed by atoms with Crippen molar-refractivity contribution in [2.45, 2.75) is 25.5 Å². The van der Waals surface area contributed by atoms with Crippen LogP contribution in [0.3, 0.4) is 0 Å². The first-order valence-corrected chi connectivity index (χ1v) is 9.17. The summed E-state index contributed by atoms with van der Waals surface area (Å²) >= 11 is 2.83. The molecule has 8 heteroatoms. The zero-order valence-electron chi connectivity index (χ0n) is 13.4. The molecule has 24 heavy (non-hydrogen) atoms. The number of allylic oxidation sites excluding steroid dienone is 1. The Hall–Kier alpha value is -2.19. The van der Waals surface area contributed by atoms with Gasteiger partial charge in [-0.1, -0.05) is 35.2 Å².